The fraction of sp³-hybridized carbons (Fsp3) is 0.250. The predicted octanol–water partition coefficient (Wildman–Crippen LogP) is 4.78. The summed E-state index contributed by atoms with van der Waals surface area (Å²) in [4.78, 5) is 0. The summed E-state index contributed by atoms with van der Waals surface area (Å²) in [6, 6.07) is 15.1. The fourth-order valence-corrected chi connectivity index (χ4v) is 2.75. The van der Waals surface area contributed by atoms with Crippen LogP contribution in [-0.2, 0) is 0 Å². The Labute approximate surface area is 121 Å². The lowest BCUT2D eigenvalue weighted by atomic mass is 9.86. The predicted molar refractivity (Wildman–Crippen MR) is 80.5 cm³/mol. The lowest BCUT2D eigenvalue weighted by molar-refractivity contribution is 0.537. The zero-order chi connectivity index (χ0) is 13.8. The second-order valence-electron chi connectivity index (χ2n) is 4.62. The van der Waals surface area contributed by atoms with E-state index in [2.05, 4.69) is 35.0 Å². The molecular weight excluding hydrogens is 305 g/mol. The molecule has 0 heterocycles. The van der Waals surface area contributed by atoms with Gasteiger partial charge < -0.3 is 5.73 Å². The maximum absolute atomic E-state index is 13.3. The smallest absolute Gasteiger partial charge is 0.137 e. The van der Waals surface area contributed by atoms with E-state index in [1.807, 2.05) is 18.2 Å². The minimum absolute atomic E-state index is 0.135. The Morgan fingerprint density at radius 1 is 1.11 bits per heavy atom. The third-order valence-corrected chi connectivity index (χ3v) is 4.04. The van der Waals surface area contributed by atoms with Gasteiger partial charge in [-0.2, -0.15) is 0 Å². The van der Waals surface area contributed by atoms with Gasteiger partial charge in [-0.1, -0.05) is 43.3 Å². The van der Waals surface area contributed by atoms with Gasteiger partial charge in [0.25, 0.3) is 0 Å². The Hall–Kier alpha value is -1.19. The van der Waals surface area contributed by atoms with Crippen molar-refractivity contribution >= 4 is 15.9 Å². The SMILES string of the molecule is CCC(c1ccccc1)C(N)c1ccc(F)c(Br)c1. The molecule has 0 bridgehead atoms. The largest absolute Gasteiger partial charge is 0.323 e. The summed E-state index contributed by atoms with van der Waals surface area (Å²) < 4.78 is 13.7. The summed E-state index contributed by atoms with van der Waals surface area (Å²) in [7, 11) is 0. The molecule has 2 aromatic carbocycles. The maximum Gasteiger partial charge on any atom is 0.137 e. The highest BCUT2D eigenvalue weighted by atomic mass is 79.9. The van der Waals surface area contributed by atoms with Crippen LogP contribution < -0.4 is 5.73 Å². The molecule has 0 spiro atoms. The van der Waals surface area contributed by atoms with Gasteiger partial charge in [-0.15, -0.1) is 0 Å². The van der Waals surface area contributed by atoms with Gasteiger partial charge in [-0.3, -0.25) is 0 Å². The number of halogens is 2. The Balaban J connectivity index is 2.30. The molecule has 0 aliphatic carbocycles. The summed E-state index contributed by atoms with van der Waals surface area (Å²) in [5.41, 5.74) is 8.53. The maximum atomic E-state index is 13.3. The molecule has 0 aromatic heterocycles. The van der Waals surface area contributed by atoms with Gasteiger partial charge in [0.05, 0.1) is 4.47 Å². The minimum Gasteiger partial charge on any atom is -0.323 e. The minimum atomic E-state index is -0.260. The molecule has 0 aliphatic heterocycles. The van der Waals surface area contributed by atoms with Crippen LogP contribution in [0.3, 0.4) is 0 Å². The topological polar surface area (TPSA) is 26.0 Å². The molecule has 2 atom stereocenters. The summed E-state index contributed by atoms with van der Waals surface area (Å²) in [5, 5.41) is 0. The highest BCUT2D eigenvalue weighted by Gasteiger charge is 2.20. The normalized spacial score (nSPS) is 14.1. The van der Waals surface area contributed by atoms with E-state index in [4.69, 9.17) is 5.73 Å². The van der Waals surface area contributed by atoms with Crippen LogP contribution in [0, 0.1) is 5.82 Å². The monoisotopic (exact) mass is 321 g/mol. The molecule has 0 saturated carbocycles. The molecule has 19 heavy (non-hydrogen) atoms. The van der Waals surface area contributed by atoms with Crippen molar-refractivity contribution in [2.45, 2.75) is 25.3 Å². The highest BCUT2D eigenvalue weighted by molar-refractivity contribution is 9.10. The van der Waals surface area contributed by atoms with E-state index in [1.54, 1.807) is 12.1 Å². The fourth-order valence-electron chi connectivity index (χ4n) is 2.35. The highest BCUT2D eigenvalue weighted by Crippen LogP contribution is 2.33. The average molecular weight is 322 g/mol. The van der Waals surface area contributed by atoms with Crippen molar-refractivity contribution in [1.82, 2.24) is 0 Å². The van der Waals surface area contributed by atoms with Gasteiger partial charge >= 0.3 is 0 Å². The molecule has 1 nitrogen and oxygen atoms in total. The third-order valence-electron chi connectivity index (χ3n) is 3.43. The number of rotatable bonds is 4. The van der Waals surface area contributed by atoms with E-state index in [1.165, 1.54) is 11.6 Å². The van der Waals surface area contributed by atoms with Gasteiger partial charge in [-0.05, 0) is 45.6 Å². The van der Waals surface area contributed by atoms with E-state index in [9.17, 15) is 4.39 Å². The Morgan fingerprint density at radius 2 is 1.79 bits per heavy atom. The average Bonchev–Trinajstić information content (AvgIpc) is 2.44. The molecule has 2 aromatic rings. The summed E-state index contributed by atoms with van der Waals surface area (Å²) in [6.07, 6.45) is 0.945. The molecule has 3 heteroatoms. The second-order valence-corrected chi connectivity index (χ2v) is 5.48. The second kappa shape index (κ2) is 6.31. The third kappa shape index (κ3) is 3.23. The van der Waals surface area contributed by atoms with Gasteiger partial charge in [-0.25, -0.2) is 4.39 Å². The van der Waals surface area contributed by atoms with Crippen LogP contribution in [0.4, 0.5) is 4.39 Å². The van der Waals surface area contributed by atoms with Crippen molar-refractivity contribution in [1.29, 1.82) is 0 Å². The van der Waals surface area contributed by atoms with Crippen molar-refractivity contribution in [3.8, 4) is 0 Å². The van der Waals surface area contributed by atoms with Crippen LogP contribution in [0.15, 0.2) is 53.0 Å². The van der Waals surface area contributed by atoms with Crippen LogP contribution in [-0.4, -0.2) is 0 Å². The van der Waals surface area contributed by atoms with Crippen LogP contribution in [0.5, 0.6) is 0 Å². The number of hydrogen-bond donors (Lipinski definition) is 1. The first kappa shape index (κ1) is 14.2. The molecular formula is C16H17BrFN. The summed E-state index contributed by atoms with van der Waals surface area (Å²) >= 11 is 3.21. The van der Waals surface area contributed by atoms with E-state index in [0.29, 0.717) is 4.47 Å². The quantitative estimate of drug-likeness (QED) is 0.861. The zero-order valence-corrected chi connectivity index (χ0v) is 12.4. The summed E-state index contributed by atoms with van der Waals surface area (Å²) in [5.74, 6) is -0.0257. The zero-order valence-electron chi connectivity index (χ0n) is 10.8. The number of nitrogens with two attached hydrogens (primary N) is 1. The van der Waals surface area contributed by atoms with Crippen LogP contribution in [0.1, 0.15) is 36.4 Å². The Morgan fingerprint density at radius 3 is 2.37 bits per heavy atom. The van der Waals surface area contributed by atoms with Crippen molar-refractivity contribution < 1.29 is 4.39 Å². The lowest BCUT2D eigenvalue weighted by Crippen LogP contribution is -2.19. The van der Waals surface area contributed by atoms with Gasteiger partial charge in [0.2, 0.25) is 0 Å². The molecule has 0 amide bonds. The number of benzene rings is 2. The Kier molecular flexibility index (Phi) is 4.72. The van der Waals surface area contributed by atoms with Crippen molar-refractivity contribution in [2.24, 2.45) is 5.73 Å². The molecule has 0 radical (unpaired) electrons. The lowest BCUT2D eigenvalue weighted by Gasteiger charge is -2.23. The van der Waals surface area contributed by atoms with E-state index in [0.717, 1.165) is 12.0 Å². The molecule has 2 rings (SSSR count). The molecule has 100 valence electrons. The van der Waals surface area contributed by atoms with Crippen molar-refractivity contribution in [2.75, 3.05) is 0 Å². The first-order valence-electron chi connectivity index (χ1n) is 6.39. The standard InChI is InChI=1S/C16H17BrFN/c1-2-13(11-6-4-3-5-7-11)16(19)12-8-9-15(18)14(17)10-12/h3-10,13,16H,2,19H2,1H3. The van der Waals surface area contributed by atoms with E-state index >= 15 is 0 Å². The van der Waals surface area contributed by atoms with Gasteiger partial charge in [0, 0.05) is 12.0 Å². The Bertz CT molecular complexity index is 542. The molecule has 0 aliphatic rings. The molecule has 2 N–H and O–H groups in total. The molecule has 0 fully saturated rings. The number of hydrogen-bond acceptors (Lipinski definition) is 1. The van der Waals surface area contributed by atoms with E-state index in [-0.39, 0.29) is 17.8 Å². The van der Waals surface area contributed by atoms with Crippen molar-refractivity contribution in [3.63, 3.8) is 0 Å². The molecule has 0 saturated heterocycles. The van der Waals surface area contributed by atoms with Crippen LogP contribution >= 0.6 is 15.9 Å². The first-order valence-corrected chi connectivity index (χ1v) is 7.18. The summed E-state index contributed by atoms with van der Waals surface area (Å²) in [6.45, 7) is 2.12. The van der Waals surface area contributed by atoms with Crippen LogP contribution in [0.2, 0.25) is 0 Å². The van der Waals surface area contributed by atoms with Crippen molar-refractivity contribution in [3.05, 3.63) is 69.9 Å². The van der Waals surface area contributed by atoms with E-state index < -0.39 is 0 Å². The van der Waals surface area contributed by atoms with Gasteiger partial charge in [0.1, 0.15) is 5.82 Å². The van der Waals surface area contributed by atoms with Gasteiger partial charge in [0.15, 0.2) is 0 Å². The first-order chi connectivity index (χ1) is 9.13. The van der Waals surface area contributed by atoms with Crippen LogP contribution in [0.25, 0.3) is 0 Å². The molecule has 2 unspecified atom stereocenters.